The van der Waals surface area contributed by atoms with E-state index in [1.165, 1.54) is 12.1 Å². The Hall–Kier alpha value is -1.97. The van der Waals surface area contributed by atoms with Crippen molar-refractivity contribution in [2.75, 3.05) is 0 Å². The zero-order valence-corrected chi connectivity index (χ0v) is 9.20. The molecule has 2 N–H and O–H groups in total. The zero-order chi connectivity index (χ0) is 13.0. The van der Waals surface area contributed by atoms with Gasteiger partial charge in [0.15, 0.2) is 0 Å². The highest BCUT2D eigenvalue weighted by atomic mass is 16.6. The van der Waals surface area contributed by atoms with Crippen molar-refractivity contribution in [3.05, 3.63) is 39.4 Å². The number of nitriles is 1. The molecule has 0 aliphatic heterocycles. The fraction of sp³-hybridized carbons (Fsp3) is 0.364. The molecule has 1 rings (SSSR count). The van der Waals surface area contributed by atoms with Crippen LogP contribution in [0, 0.1) is 28.4 Å². The van der Waals surface area contributed by atoms with E-state index in [1.54, 1.807) is 19.1 Å². The van der Waals surface area contributed by atoms with Gasteiger partial charge in [-0.3, -0.25) is 10.1 Å². The number of aliphatic hydroxyl groups excluding tert-OH is 2. The maximum absolute atomic E-state index is 10.8. The number of nitro benzene ring substituents is 1. The highest BCUT2D eigenvalue weighted by Gasteiger charge is 2.26. The lowest BCUT2D eigenvalue weighted by atomic mass is 9.99. The fourth-order valence-electron chi connectivity index (χ4n) is 1.47. The van der Waals surface area contributed by atoms with E-state index in [0.717, 1.165) is 0 Å². The zero-order valence-electron chi connectivity index (χ0n) is 9.20. The van der Waals surface area contributed by atoms with Gasteiger partial charge in [0.05, 0.1) is 29.1 Å². The van der Waals surface area contributed by atoms with E-state index in [1.807, 2.05) is 0 Å². The molecule has 17 heavy (non-hydrogen) atoms. The predicted octanol–water partition coefficient (Wildman–Crippen LogP) is 1.21. The average Bonchev–Trinajstić information content (AvgIpc) is 2.28. The number of hydrogen-bond donors (Lipinski definition) is 2. The molecule has 0 radical (unpaired) electrons. The van der Waals surface area contributed by atoms with Crippen molar-refractivity contribution >= 4 is 5.69 Å². The molecule has 0 aliphatic rings. The van der Waals surface area contributed by atoms with Crippen LogP contribution >= 0.6 is 0 Å². The van der Waals surface area contributed by atoms with Gasteiger partial charge in [0.1, 0.15) is 6.10 Å². The van der Waals surface area contributed by atoms with Crippen molar-refractivity contribution in [3.63, 3.8) is 0 Å². The maximum Gasteiger partial charge on any atom is 0.275 e. The van der Waals surface area contributed by atoms with Crippen LogP contribution in [0.1, 0.15) is 23.7 Å². The van der Waals surface area contributed by atoms with E-state index < -0.39 is 17.1 Å². The van der Waals surface area contributed by atoms with Crippen LogP contribution in [0.15, 0.2) is 18.2 Å². The molecule has 1 aromatic carbocycles. The minimum absolute atomic E-state index is 0.0170. The van der Waals surface area contributed by atoms with Crippen LogP contribution in [-0.2, 0) is 0 Å². The number of rotatable bonds is 4. The van der Waals surface area contributed by atoms with Crippen LogP contribution in [0.2, 0.25) is 0 Å². The smallest absolute Gasteiger partial charge is 0.275 e. The molecule has 0 aliphatic carbocycles. The van der Waals surface area contributed by atoms with Crippen LogP contribution < -0.4 is 0 Å². The molecule has 0 heterocycles. The summed E-state index contributed by atoms with van der Waals surface area (Å²) in [5.41, 5.74) is 0.445. The van der Waals surface area contributed by atoms with E-state index in [4.69, 9.17) is 5.26 Å². The lowest BCUT2D eigenvalue weighted by molar-refractivity contribution is -0.386. The molecule has 0 aromatic heterocycles. The summed E-state index contributed by atoms with van der Waals surface area (Å²) in [6.07, 6.45) is -3.05. The van der Waals surface area contributed by atoms with Gasteiger partial charge in [0.25, 0.3) is 5.69 Å². The average molecular weight is 236 g/mol. The van der Waals surface area contributed by atoms with Crippen LogP contribution in [0.5, 0.6) is 0 Å². The number of nitrogens with zero attached hydrogens (tertiary/aromatic N) is 2. The van der Waals surface area contributed by atoms with Gasteiger partial charge in [0, 0.05) is 6.07 Å². The second kappa shape index (κ2) is 5.39. The van der Waals surface area contributed by atoms with E-state index in [2.05, 4.69) is 0 Å². The lowest BCUT2D eigenvalue weighted by Gasteiger charge is -2.15. The summed E-state index contributed by atoms with van der Waals surface area (Å²) in [5.74, 6) is 0. The van der Waals surface area contributed by atoms with E-state index in [0.29, 0.717) is 5.56 Å². The minimum Gasteiger partial charge on any atom is -0.389 e. The second-order valence-electron chi connectivity index (χ2n) is 3.69. The molecule has 6 heteroatoms. The molecule has 0 saturated carbocycles. The summed E-state index contributed by atoms with van der Waals surface area (Å²) in [6.45, 7) is 1.69. The third-order valence-electron chi connectivity index (χ3n) is 2.37. The van der Waals surface area contributed by atoms with Gasteiger partial charge in [-0.2, -0.15) is 5.26 Å². The topological polar surface area (TPSA) is 107 Å². The van der Waals surface area contributed by atoms with Gasteiger partial charge in [-0.05, 0) is 18.6 Å². The Morgan fingerprint density at radius 1 is 1.53 bits per heavy atom. The predicted molar refractivity (Wildman–Crippen MR) is 59.0 cm³/mol. The third-order valence-corrected chi connectivity index (χ3v) is 2.37. The van der Waals surface area contributed by atoms with Crippen molar-refractivity contribution in [1.82, 2.24) is 0 Å². The Kier molecular flexibility index (Phi) is 4.15. The summed E-state index contributed by atoms with van der Waals surface area (Å²) >= 11 is 0. The number of aryl methyl sites for hydroxylation is 1. The molecule has 0 saturated heterocycles. The van der Waals surface area contributed by atoms with Gasteiger partial charge in [0.2, 0.25) is 0 Å². The van der Waals surface area contributed by atoms with Gasteiger partial charge in [-0.25, -0.2) is 0 Å². The number of nitro groups is 1. The normalized spacial score (nSPS) is 13.8. The molecule has 2 atom stereocenters. The summed E-state index contributed by atoms with van der Waals surface area (Å²) in [7, 11) is 0. The van der Waals surface area contributed by atoms with Crippen molar-refractivity contribution in [3.8, 4) is 6.07 Å². The molecular formula is C11H12N2O4. The second-order valence-corrected chi connectivity index (χ2v) is 3.69. The first-order valence-electron chi connectivity index (χ1n) is 4.95. The van der Waals surface area contributed by atoms with Crippen molar-refractivity contribution in [2.24, 2.45) is 0 Å². The molecule has 90 valence electrons. The van der Waals surface area contributed by atoms with Crippen molar-refractivity contribution < 1.29 is 15.1 Å². The third kappa shape index (κ3) is 3.00. The van der Waals surface area contributed by atoms with Crippen LogP contribution in [-0.4, -0.2) is 21.2 Å². The Morgan fingerprint density at radius 3 is 2.71 bits per heavy atom. The summed E-state index contributed by atoms with van der Waals surface area (Å²) in [6, 6.07) is 6.00. The molecule has 0 spiro atoms. The Bertz CT molecular complexity index is 467. The Morgan fingerprint density at radius 2 is 2.18 bits per heavy atom. The molecular weight excluding hydrogens is 224 g/mol. The number of aliphatic hydroxyl groups is 2. The molecule has 2 unspecified atom stereocenters. The molecule has 0 bridgehead atoms. The Balaban J connectivity index is 3.13. The van der Waals surface area contributed by atoms with E-state index >= 15 is 0 Å². The molecule has 6 nitrogen and oxygen atoms in total. The quantitative estimate of drug-likeness (QED) is 0.603. The van der Waals surface area contributed by atoms with Crippen molar-refractivity contribution in [2.45, 2.75) is 25.6 Å². The first kappa shape index (κ1) is 13.1. The summed E-state index contributed by atoms with van der Waals surface area (Å²) in [4.78, 5) is 10.2. The van der Waals surface area contributed by atoms with Crippen molar-refractivity contribution in [1.29, 1.82) is 5.26 Å². The Labute approximate surface area is 97.9 Å². The molecule has 0 fully saturated rings. The van der Waals surface area contributed by atoms with Crippen LogP contribution in [0.25, 0.3) is 0 Å². The molecule has 1 aromatic rings. The first-order valence-corrected chi connectivity index (χ1v) is 4.95. The number of benzene rings is 1. The monoisotopic (exact) mass is 236 g/mol. The number of hydrogen-bond acceptors (Lipinski definition) is 5. The highest BCUT2D eigenvalue weighted by Crippen LogP contribution is 2.28. The maximum atomic E-state index is 10.8. The summed E-state index contributed by atoms with van der Waals surface area (Å²) < 4.78 is 0. The minimum atomic E-state index is -1.43. The fourth-order valence-corrected chi connectivity index (χ4v) is 1.47. The van der Waals surface area contributed by atoms with Crippen LogP contribution in [0.4, 0.5) is 5.69 Å². The van der Waals surface area contributed by atoms with E-state index in [9.17, 15) is 20.3 Å². The SMILES string of the molecule is Cc1ccc(C(O)C(O)CC#N)c([N+](=O)[O-])c1. The summed E-state index contributed by atoms with van der Waals surface area (Å²) in [5, 5.41) is 38.4. The van der Waals surface area contributed by atoms with Crippen LogP contribution in [0.3, 0.4) is 0 Å². The first-order chi connectivity index (χ1) is 7.97. The van der Waals surface area contributed by atoms with Gasteiger partial charge in [-0.15, -0.1) is 0 Å². The van der Waals surface area contributed by atoms with Gasteiger partial charge >= 0.3 is 0 Å². The standard InChI is InChI=1S/C11H12N2O4/c1-7-2-3-8(9(6-7)13(16)17)11(15)10(14)4-5-12/h2-3,6,10-11,14-15H,4H2,1H3. The highest BCUT2D eigenvalue weighted by molar-refractivity contribution is 5.44. The van der Waals surface area contributed by atoms with Gasteiger partial charge < -0.3 is 10.2 Å². The van der Waals surface area contributed by atoms with Gasteiger partial charge in [-0.1, -0.05) is 6.07 Å². The van der Waals surface area contributed by atoms with E-state index in [-0.39, 0.29) is 17.7 Å². The largest absolute Gasteiger partial charge is 0.389 e. The molecule has 0 amide bonds. The lowest BCUT2D eigenvalue weighted by Crippen LogP contribution is -2.18.